The summed E-state index contributed by atoms with van der Waals surface area (Å²) >= 11 is 0. The zero-order valence-electron chi connectivity index (χ0n) is 23.5. The van der Waals surface area contributed by atoms with Gasteiger partial charge in [-0.25, -0.2) is 0 Å². The lowest BCUT2D eigenvalue weighted by molar-refractivity contribution is -0.612. The minimum Gasteiger partial charge on any atom is -0.618 e. The molecule has 1 aromatic heterocycles. The van der Waals surface area contributed by atoms with E-state index in [-0.39, 0.29) is 23.1 Å². The van der Waals surface area contributed by atoms with Crippen molar-refractivity contribution in [2.45, 2.75) is 65.3 Å². The van der Waals surface area contributed by atoms with Crippen LogP contribution in [0.25, 0.3) is 0 Å². The van der Waals surface area contributed by atoms with Crippen LogP contribution >= 0.6 is 0 Å². The Labute approximate surface area is 232 Å². The highest BCUT2D eigenvalue weighted by atomic mass is 19.4. The van der Waals surface area contributed by atoms with Gasteiger partial charge in [-0.15, -0.1) is 13.2 Å². The largest absolute Gasteiger partial charge is 0.618 e. The molecule has 1 amide bonds. The van der Waals surface area contributed by atoms with E-state index >= 15 is 0 Å². The maximum absolute atomic E-state index is 13.3. The number of halogens is 3. The molecule has 40 heavy (non-hydrogen) atoms. The van der Waals surface area contributed by atoms with Crippen molar-refractivity contribution in [3.05, 3.63) is 64.1 Å². The van der Waals surface area contributed by atoms with E-state index < -0.39 is 6.36 Å². The molecule has 8 nitrogen and oxygen atoms in total. The van der Waals surface area contributed by atoms with E-state index in [9.17, 15) is 23.2 Å². The number of benzene rings is 1. The van der Waals surface area contributed by atoms with Gasteiger partial charge in [-0.3, -0.25) is 9.69 Å². The van der Waals surface area contributed by atoms with Crippen LogP contribution in [0.5, 0.6) is 5.75 Å². The molecule has 1 aromatic carbocycles. The van der Waals surface area contributed by atoms with Crippen molar-refractivity contribution >= 4 is 11.6 Å². The van der Waals surface area contributed by atoms with Gasteiger partial charge >= 0.3 is 6.36 Å². The fraction of sp³-hybridized carbons (Fsp3) is 0.552. The van der Waals surface area contributed by atoms with Gasteiger partial charge in [0.25, 0.3) is 5.91 Å². The average molecular weight is 563 g/mol. The van der Waals surface area contributed by atoms with Crippen molar-refractivity contribution in [3.8, 4) is 5.75 Å². The number of hydrogen-bond donors (Lipinski definition) is 0. The maximum Gasteiger partial charge on any atom is 0.573 e. The van der Waals surface area contributed by atoms with Crippen LogP contribution in [0.15, 0.2) is 41.7 Å². The van der Waals surface area contributed by atoms with Crippen LogP contribution in [0.4, 0.5) is 13.2 Å². The number of carbonyl (C=O) groups is 1. The lowest BCUT2D eigenvalue weighted by Crippen LogP contribution is -2.57. The van der Waals surface area contributed by atoms with Gasteiger partial charge < -0.3 is 19.7 Å². The third-order valence-electron chi connectivity index (χ3n) is 8.21. The third-order valence-corrected chi connectivity index (χ3v) is 8.21. The molecule has 0 atom stereocenters. The predicted molar refractivity (Wildman–Crippen MR) is 144 cm³/mol. The van der Waals surface area contributed by atoms with Crippen molar-refractivity contribution < 1.29 is 32.3 Å². The zero-order chi connectivity index (χ0) is 29.1. The van der Waals surface area contributed by atoms with E-state index in [4.69, 9.17) is 4.84 Å². The molecule has 4 rings (SSSR count). The lowest BCUT2D eigenvalue weighted by atomic mass is 9.82. The number of rotatable bonds is 7. The molecule has 0 unspecified atom stereocenters. The predicted octanol–water partition coefficient (Wildman–Crippen LogP) is 4.98. The number of piperidine rings is 2. The molecule has 2 aliphatic rings. The van der Waals surface area contributed by atoms with Crippen LogP contribution in [-0.4, -0.2) is 66.1 Å². The number of oxime groups is 1. The molecule has 0 N–H and O–H groups in total. The maximum atomic E-state index is 13.3. The second-order valence-corrected chi connectivity index (χ2v) is 10.8. The molecule has 2 aliphatic heterocycles. The zero-order valence-corrected chi connectivity index (χ0v) is 23.5. The molecule has 218 valence electrons. The van der Waals surface area contributed by atoms with Crippen LogP contribution in [0.2, 0.25) is 0 Å². The Balaban J connectivity index is 1.38. The summed E-state index contributed by atoms with van der Waals surface area (Å²) in [6, 6.07) is 7.45. The van der Waals surface area contributed by atoms with E-state index in [1.807, 2.05) is 18.7 Å². The minimum absolute atomic E-state index is 0.0607. The first-order chi connectivity index (χ1) is 18.9. The monoisotopic (exact) mass is 562 g/mol. The summed E-state index contributed by atoms with van der Waals surface area (Å²) in [4.78, 5) is 23.0. The number of hydrogen-bond acceptors (Lipinski definition) is 6. The molecule has 3 heterocycles. The Morgan fingerprint density at radius 2 is 1.73 bits per heavy atom. The highest BCUT2D eigenvalue weighted by Gasteiger charge is 2.40. The summed E-state index contributed by atoms with van der Waals surface area (Å²) in [5, 5.41) is 16.4. The van der Waals surface area contributed by atoms with Gasteiger partial charge in [0.15, 0.2) is 6.20 Å². The molecule has 0 saturated carbocycles. The molecule has 11 heteroatoms. The number of carbonyl (C=O) groups excluding carboxylic acids is 1. The number of aryl methyl sites for hydroxylation is 1. The number of likely N-dealkylation sites (tertiary alicyclic amines) is 2. The van der Waals surface area contributed by atoms with Gasteiger partial charge in [0, 0.05) is 37.5 Å². The standard InChI is InChI=1S/C29H37F3N4O4/c1-5-39-33-26(22-6-8-24(9-7-22)40-29(30,31)32)23-11-15-35(16-12-23)28(4)13-18-34(19-14-28)27(37)25-20(2)10-17-36(38)21(25)3/h6-10,17,23H,5,11-16,18-19H2,1-4H3/b33-26-. The summed E-state index contributed by atoms with van der Waals surface area (Å²) in [5.41, 5.74) is 3.10. The second kappa shape index (κ2) is 12.0. The molecule has 2 aromatic rings. The number of aromatic nitrogens is 1. The summed E-state index contributed by atoms with van der Waals surface area (Å²) < 4.78 is 42.4. The summed E-state index contributed by atoms with van der Waals surface area (Å²) in [7, 11) is 0. The number of pyridine rings is 1. The number of amides is 1. The highest BCUT2D eigenvalue weighted by Crippen LogP contribution is 2.34. The molecule has 0 bridgehead atoms. The summed E-state index contributed by atoms with van der Waals surface area (Å²) in [6.07, 6.45) is 0.00153. The molecular weight excluding hydrogens is 525 g/mol. The normalized spacial score (nSPS) is 19.0. The van der Waals surface area contributed by atoms with Crippen molar-refractivity contribution in [2.24, 2.45) is 11.1 Å². The van der Waals surface area contributed by atoms with E-state index in [1.54, 1.807) is 25.1 Å². The van der Waals surface area contributed by atoms with Crippen LogP contribution in [-0.2, 0) is 4.84 Å². The van der Waals surface area contributed by atoms with Gasteiger partial charge in [0.2, 0.25) is 5.69 Å². The molecule has 0 spiro atoms. The Kier molecular flexibility index (Phi) is 8.92. The minimum atomic E-state index is -4.74. The van der Waals surface area contributed by atoms with E-state index in [1.165, 1.54) is 18.3 Å². The van der Waals surface area contributed by atoms with Gasteiger partial charge in [0.1, 0.15) is 17.9 Å². The SMILES string of the molecule is CCO/N=C(/c1ccc(OC(F)(F)F)cc1)C1CCN(C2(C)CCN(C(=O)c3c(C)cc[n+]([O-])c3C)CC2)CC1. The first-order valence-electron chi connectivity index (χ1n) is 13.7. The number of alkyl halides is 3. The molecule has 2 saturated heterocycles. The molecular formula is C29H37F3N4O4. The quantitative estimate of drug-likeness (QED) is 0.206. The molecule has 0 aliphatic carbocycles. The number of ether oxygens (including phenoxy) is 1. The summed E-state index contributed by atoms with van der Waals surface area (Å²) in [5.74, 6) is -0.265. The lowest BCUT2D eigenvalue weighted by Gasteiger charge is -2.49. The van der Waals surface area contributed by atoms with Crippen LogP contribution in [0.3, 0.4) is 0 Å². The van der Waals surface area contributed by atoms with Gasteiger partial charge in [0.05, 0.1) is 5.71 Å². The summed E-state index contributed by atoms with van der Waals surface area (Å²) in [6.45, 7) is 10.9. The number of nitrogens with zero attached hydrogens (tertiary/aromatic N) is 4. The average Bonchev–Trinajstić information content (AvgIpc) is 2.92. The molecule has 0 radical (unpaired) electrons. The molecule has 2 fully saturated rings. The fourth-order valence-corrected chi connectivity index (χ4v) is 5.78. The van der Waals surface area contributed by atoms with E-state index in [0.29, 0.717) is 36.5 Å². The van der Waals surface area contributed by atoms with E-state index in [2.05, 4.69) is 21.7 Å². The Morgan fingerprint density at radius 1 is 1.10 bits per heavy atom. The van der Waals surface area contributed by atoms with Crippen molar-refractivity contribution in [3.63, 3.8) is 0 Å². The van der Waals surface area contributed by atoms with Crippen LogP contribution < -0.4 is 9.47 Å². The Bertz CT molecular complexity index is 1220. The fourth-order valence-electron chi connectivity index (χ4n) is 5.78. The van der Waals surface area contributed by atoms with Gasteiger partial charge in [-0.1, -0.05) is 5.16 Å². The van der Waals surface area contributed by atoms with Gasteiger partial charge in [-0.05, 0) is 94.9 Å². The first-order valence-corrected chi connectivity index (χ1v) is 13.7. The van der Waals surface area contributed by atoms with Crippen molar-refractivity contribution in [1.29, 1.82) is 0 Å². The van der Waals surface area contributed by atoms with Gasteiger partial charge in [-0.2, -0.15) is 4.73 Å². The van der Waals surface area contributed by atoms with Crippen molar-refractivity contribution in [1.82, 2.24) is 9.80 Å². The van der Waals surface area contributed by atoms with Crippen molar-refractivity contribution in [2.75, 3.05) is 32.8 Å². The second-order valence-electron chi connectivity index (χ2n) is 10.8. The topological polar surface area (TPSA) is 81.3 Å². The Morgan fingerprint density at radius 3 is 2.30 bits per heavy atom. The first kappa shape index (κ1) is 29.6. The third kappa shape index (κ3) is 6.68. The van der Waals surface area contributed by atoms with Crippen LogP contribution in [0, 0.1) is 25.0 Å². The Hall–Kier alpha value is -3.34. The highest BCUT2D eigenvalue weighted by molar-refractivity contribution is 6.02. The van der Waals surface area contributed by atoms with E-state index in [0.717, 1.165) is 54.8 Å². The smallest absolute Gasteiger partial charge is 0.573 e. The van der Waals surface area contributed by atoms with Crippen LogP contribution in [0.1, 0.15) is 66.7 Å².